The number of hydrogen-bond donors (Lipinski definition) is 1. The van der Waals surface area contributed by atoms with Crippen molar-refractivity contribution in [2.24, 2.45) is 0 Å². The molecule has 0 saturated carbocycles. The number of sulfonamides is 1. The highest BCUT2D eigenvalue weighted by atomic mass is 32.2. The summed E-state index contributed by atoms with van der Waals surface area (Å²) in [7, 11) is -0.396. The van der Waals surface area contributed by atoms with Crippen molar-refractivity contribution >= 4 is 10.0 Å². The van der Waals surface area contributed by atoms with Crippen LogP contribution in [0.4, 0.5) is 0 Å². The largest absolute Gasteiger partial charge is 0.395 e. The fraction of sp³-hybridized carbons (Fsp3) is 1.00. The molecule has 0 aromatic rings. The van der Waals surface area contributed by atoms with Crippen molar-refractivity contribution in [1.29, 1.82) is 0 Å². The summed E-state index contributed by atoms with van der Waals surface area (Å²) in [5.41, 5.74) is 0. The number of ether oxygens (including phenoxy) is 1. The van der Waals surface area contributed by atoms with Gasteiger partial charge >= 0.3 is 0 Å². The Labute approximate surface area is 85.7 Å². The number of rotatable bonds is 6. The first kappa shape index (κ1) is 13.8. The van der Waals surface area contributed by atoms with E-state index in [0.29, 0.717) is 6.61 Å². The van der Waals surface area contributed by atoms with Gasteiger partial charge in [0.2, 0.25) is 10.0 Å². The standard InChI is InChI=1S/C8H19NO4S/c1-7(6-13-4)9(3)14(11,12)8(2)5-10/h7-8,10H,5-6H2,1-4H3. The minimum Gasteiger partial charge on any atom is -0.395 e. The van der Waals surface area contributed by atoms with Crippen LogP contribution in [0.25, 0.3) is 0 Å². The average molecular weight is 225 g/mol. The van der Waals surface area contributed by atoms with Crippen molar-refractivity contribution in [3.8, 4) is 0 Å². The van der Waals surface area contributed by atoms with E-state index in [0.717, 1.165) is 0 Å². The summed E-state index contributed by atoms with van der Waals surface area (Å²) in [5.74, 6) is 0. The zero-order chi connectivity index (χ0) is 11.4. The van der Waals surface area contributed by atoms with Crippen LogP contribution in [-0.2, 0) is 14.8 Å². The van der Waals surface area contributed by atoms with E-state index in [-0.39, 0.29) is 12.6 Å². The van der Waals surface area contributed by atoms with Crippen LogP contribution in [0.3, 0.4) is 0 Å². The molecule has 86 valence electrons. The topological polar surface area (TPSA) is 66.8 Å². The SMILES string of the molecule is COCC(C)N(C)S(=O)(=O)C(C)CO. The van der Waals surface area contributed by atoms with Gasteiger partial charge in [-0.1, -0.05) is 0 Å². The first-order valence-electron chi connectivity index (χ1n) is 4.44. The Morgan fingerprint density at radius 2 is 1.93 bits per heavy atom. The lowest BCUT2D eigenvalue weighted by Crippen LogP contribution is -2.43. The van der Waals surface area contributed by atoms with Gasteiger partial charge in [0.25, 0.3) is 0 Å². The molecule has 0 aromatic heterocycles. The molecule has 0 aliphatic heterocycles. The molecule has 5 nitrogen and oxygen atoms in total. The zero-order valence-corrected chi connectivity index (χ0v) is 9.91. The molecule has 0 heterocycles. The maximum Gasteiger partial charge on any atom is 0.219 e. The molecule has 2 unspecified atom stereocenters. The average Bonchev–Trinajstić information content (AvgIpc) is 2.15. The Morgan fingerprint density at radius 1 is 1.43 bits per heavy atom. The minimum atomic E-state index is -3.41. The molecule has 0 fully saturated rings. The summed E-state index contributed by atoms with van der Waals surface area (Å²) in [6.45, 7) is 3.21. The van der Waals surface area contributed by atoms with E-state index in [1.807, 2.05) is 0 Å². The number of methoxy groups -OCH3 is 1. The minimum absolute atomic E-state index is 0.223. The van der Waals surface area contributed by atoms with E-state index in [4.69, 9.17) is 9.84 Å². The van der Waals surface area contributed by atoms with Gasteiger partial charge in [-0.3, -0.25) is 0 Å². The van der Waals surface area contributed by atoms with Crippen LogP contribution in [0.2, 0.25) is 0 Å². The third kappa shape index (κ3) is 3.20. The molecule has 14 heavy (non-hydrogen) atoms. The number of nitrogens with zero attached hydrogens (tertiary/aromatic N) is 1. The van der Waals surface area contributed by atoms with Crippen molar-refractivity contribution in [2.75, 3.05) is 27.4 Å². The molecular formula is C8H19NO4S. The van der Waals surface area contributed by atoms with Crippen molar-refractivity contribution in [3.05, 3.63) is 0 Å². The molecule has 0 saturated heterocycles. The Morgan fingerprint density at radius 3 is 2.29 bits per heavy atom. The summed E-state index contributed by atoms with van der Waals surface area (Å²) in [6.07, 6.45) is 0. The number of aliphatic hydroxyl groups is 1. The molecule has 0 bridgehead atoms. The van der Waals surface area contributed by atoms with E-state index in [1.54, 1.807) is 6.92 Å². The third-order valence-corrected chi connectivity index (χ3v) is 4.52. The maximum atomic E-state index is 11.7. The number of hydrogen-bond acceptors (Lipinski definition) is 4. The van der Waals surface area contributed by atoms with Crippen LogP contribution in [0.5, 0.6) is 0 Å². The third-order valence-electron chi connectivity index (χ3n) is 2.20. The predicted octanol–water partition coefficient (Wildman–Crippen LogP) is -0.336. The Kier molecular flexibility index (Phi) is 5.58. The summed E-state index contributed by atoms with van der Waals surface area (Å²) in [5, 5.41) is 8.02. The van der Waals surface area contributed by atoms with Gasteiger partial charge in [-0.15, -0.1) is 0 Å². The smallest absolute Gasteiger partial charge is 0.219 e. The fourth-order valence-corrected chi connectivity index (χ4v) is 2.29. The summed E-state index contributed by atoms with van der Waals surface area (Å²) in [4.78, 5) is 0. The van der Waals surface area contributed by atoms with Crippen molar-refractivity contribution in [2.45, 2.75) is 25.1 Å². The summed E-state index contributed by atoms with van der Waals surface area (Å²) < 4.78 is 29.5. The highest BCUT2D eigenvalue weighted by Gasteiger charge is 2.28. The summed E-state index contributed by atoms with van der Waals surface area (Å²) >= 11 is 0. The van der Waals surface area contributed by atoms with Crippen LogP contribution < -0.4 is 0 Å². The second kappa shape index (κ2) is 5.65. The molecule has 0 spiro atoms. The number of aliphatic hydroxyl groups excluding tert-OH is 1. The Balaban J connectivity index is 4.58. The first-order valence-corrected chi connectivity index (χ1v) is 5.94. The van der Waals surface area contributed by atoms with Gasteiger partial charge in [-0.2, -0.15) is 4.31 Å². The number of likely N-dealkylation sites (N-methyl/N-ethyl adjacent to an activating group) is 1. The van der Waals surface area contributed by atoms with Crippen LogP contribution in [0.15, 0.2) is 0 Å². The first-order chi connectivity index (χ1) is 6.37. The monoisotopic (exact) mass is 225 g/mol. The maximum absolute atomic E-state index is 11.7. The molecule has 0 aromatic carbocycles. The molecule has 0 radical (unpaired) electrons. The van der Waals surface area contributed by atoms with Gasteiger partial charge in [0.1, 0.15) is 0 Å². The molecule has 2 atom stereocenters. The second-order valence-electron chi connectivity index (χ2n) is 3.36. The molecule has 0 aliphatic carbocycles. The van der Waals surface area contributed by atoms with E-state index in [9.17, 15) is 8.42 Å². The van der Waals surface area contributed by atoms with Crippen LogP contribution in [-0.4, -0.2) is 56.5 Å². The van der Waals surface area contributed by atoms with Gasteiger partial charge in [-0.05, 0) is 13.8 Å². The lowest BCUT2D eigenvalue weighted by molar-refractivity contribution is 0.148. The molecule has 1 N–H and O–H groups in total. The van der Waals surface area contributed by atoms with E-state index >= 15 is 0 Å². The second-order valence-corrected chi connectivity index (χ2v) is 5.77. The van der Waals surface area contributed by atoms with Gasteiger partial charge in [-0.25, -0.2) is 8.42 Å². The van der Waals surface area contributed by atoms with Crippen molar-refractivity contribution in [3.63, 3.8) is 0 Å². The van der Waals surface area contributed by atoms with Crippen LogP contribution in [0, 0.1) is 0 Å². The van der Waals surface area contributed by atoms with Crippen LogP contribution in [0.1, 0.15) is 13.8 Å². The Bertz CT molecular complexity index is 252. The molecule has 6 heteroatoms. The fourth-order valence-electron chi connectivity index (χ4n) is 0.975. The van der Waals surface area contributed by atoms with Crippen molar-refractivity contribution < 1.29 is 18.3 Å². The van der Waals surface area contributed by atoms with Crippen LogP contribution >= 0.6 is 0 Å². The summed E-state index contributed by atoms with van der Waals surface area (Å²) in [6, 6.07) is -0.223. The molecule has 0 amide bonds. The Hall–Kier alpha value is -0.170. The lowest BCUT2D eigenvalue weighted by Gasteiger charge is -2.26. The highest BCUT2D eigenvalue weighted by molar-refractivity contribution is 7.89. The predicted molar refractivity (Wildman–Crippen MR) is 54.6 cm³/mol. The lowest BCUT2D eigenvalue weighted by atomic mass is 10.4. The van der Waals surface area contributed by atoms with E-state index < -0.39 is 15.3 Å². The van der Waals surface area contributed by atoms with Gasteiger partial charge in [0.05, 0.1) is 18.5 Å². The van der Waals surface area contributed by atoms with E-state index in [2.05, 4.69) is 0 Å². The highest BCUT2D eigenvalue weighted by Crippen LogP contribution is 2.10. The molecule has 0 rings (SSSR count). The van der Waals surface area contributed by atoms with E-state index in [1.165, 1.54) is 25.4 Å². The normalized spacial score (nSPS) is 17.0. The van der Waals surface area contributed by atoms with Crippen molar-refractivity contribution in [1.82, 2.24) is 4.31 Å². The van der Waals surface area contributed by atoms with Gasteiger partial charge in [0, 0.05) is 20.2 Å². The molecular weight excluding hydrogens is 206 g/mol. The van der Waals surface area contributed by atoms with Gasteiger partial charge < -0.3 is 9.84 Å². The molecule has 0 aliphatic rings. The quantitative estimate of drug-likeness (QED) is 0.672. The van der Waals surface area contributed by atoms with Gasteiger partial charge in [0.15, 0.2) is 0 Å². The zero-order valence-electron chi connectivity index (χ0n) is 9.10.